The fraction of sp³-hybridized carbons (Fsp3) is 0.579. The van der Waals surface area contributed by atoms with Gasteiger partial charge in [0, 0.05) is 31.6 Å². The number of likely N-dealkylation sites (tertiary alicyclic amines) is 1. The zero-order valence-electron chi connectivity index (χ0n) is 15.5. The van der Waals surface area contributed by atoms with E-state index in [9.17, 15) is 4.79 Å². The number of aliphatic imine (C=N–C) groups is 1. The highest BCUT2D eigenvalue weighted by molar-refractivity contribution is 5.78. The molecule has 6 heteroatoms. The lowest BCUT2D eigenvalue weighted by atomic mass is 10.00. The van der Waals surface area contributed by atoms with Crippen LogP contribution in [0.4, 0.5) is 4.79 Å². The first-order chi connectivity index (χ1) is 12.0. The molecule has 1 saturated heterocycles. The third kappa shape index (κ3) is 5.96. The Bertz CT molecular complexity index is 595. The molecule has 138 valence electrons. The van der Waals surface area contributed by atoms with Gasteiger partial charge in [0.25, 0.3) is 0 Å². The molecule has 2 rings (SSSR count). The van der Waals surface area contributed by atoms with Crippen molar-refractivity contribution in [3.63, 3.8) is 0 Å². The van der Waals surface area contributed by atoms with Crippen molar-refractivity contribution < 1.29 is 9.53 Å². The molecule has 1 heterocycles. The highest BCUT2D eigenvalue weighted by Gasteiger charge is 2.23. The van der Waals surface area contributed by atoms with E-state index in [4.69, 9.17) is 10.5 Å². The number of hydrogen-bond donors (Lipinski definition) is 2. The molecule has 1 aromatic carbocycles. The summed E-state index contributed by atoms with van der Waals surface area (Å²) in [6, 6.07) is 8.74. The molecule has 0 saturated carbocycles. The number of piperidine rings is 1. The summed E-state index contributed by atoms with van der Waals surface area (Å²) in [5.41, 5.74) is 8.57. The minimum atomic E-state index is -0.227. The molecule has 0 bridgehead atoms. The summed E-state index contributed by atoms with van der Waals surface area (Å²) in [5.74, 6) is 0.806. The SMILES string of the molecule is CCOC(=O)N1CCC(NC(N)=NCC(C)c2cccc(C)c2)CC1. The zero-order valence-corrected chi connectivity index (χ0v) is 15.5. The predicted octanol–water partition coefficient (Wildman–Crippen LogP) is 2.62. The third-order valence-electron chi connectivity index (χ3n) is 4.52. The fourth-order valence-electron chi connectivity index (χ4n) is 2.99. The van der Waals surface area contributed by atoms with Gasteiger partial charge in [-0.3, -0.25) is 4.99 Å². The second-order valence-corrected chi connectivity index (χ2v) is 6.65. The Labute approximate surface area is 150 Å². The molecule has 1 atom stereocenters. The first-order valence-electron chi connectivity index (χ1n) is 9.04. The maximum atomic E-state index is 11.7. The topological polar surface area (TPSA) is 80.0 Å². The average molecular weight is 346 g/mol. The van der Waals surface area contributed by atoms with Crippen LogP contribution in [0.25, 0.3) is 0 Å². The number of carbonyl (C=O) groups excluding carboxylic acids is 1. The smallest absolute Gasteiger partial charge is 0.409 e. The standard InChI is InChI=1S/C19H30N4O2/c1-4-25-19(24)23-10-8-17(9-11-23)22-18(20)21-13-15(3)16-7-5-6-14(2)12-16/h5-7,12,15,17H,4,8-11,13H2,1-3H3,(H3,20,21,22). The van der Waals surface area contributed by atoms with Crippen LogP contribution in [0.1, 0.15) is 43.7 Å². The summed E-state index contributed by atoms with van der Waals surface area (Å²) in [6.45, 7) is 8.51. The lowest BCUT2D eigenvalue weighted by molar-refractivity contribution is 0.0963. The van der Waals surface area contributed by atoms with Gasteiger partial charge in [-0.25, -0.2) is 4.79 Å². The van der Waals surface area contributed by atoms with Crippen molar-refractivity contribution in [3.8, 4) is 0 Å². The first kappa shape index (κ1) is 19.1. The summed E-state index contributed by atoms with van der Waals surface area (Å²) in [6.07, 6.45) is 1.47. The van der Waals surface area contributed by atoms with Crippen LogP contribution in [0.2, 0.25) is 0 Å². The number of benzene rings is 1. The zero-order chi connectivity index (χ0) is 18.2. The second-order valence-electron chi connectivity index (χ2n) is 6.65. The van der Waals surface area contributed by atoms with E-state index in [1.165, 1.54) is 11.1 Å². The van der Waals surface area contributed by atoms with Crippen LogP contribution in [0, 0.1) is 6.92 Å². The van der Waals surface area contributed by atoms with Crippen LogP contribution in [0.5, 0.6) is 0 Å². The number of ether oxygens (including phenoxy) is 1. The lowest BCUT2D eigenvalue weighted by Crippen LogP contribution is -2.48. The molecule has 1 fully saturated rings. The highest BCUT2D eigenvalue weighted by atomic mass is 16.6. The van der Waals surface area contributed by atoms with E-state index in [1.54, 1.807) is 4.90 Å². The normalized spacial score (nSPS) is 17.2. The van der Waals surface area contributed by atoms with Gasteiger partial charge in [0.1, 0.15) is 0 Å². The van der Waals surface area contributed by atoms with Crippen LogP contribution < -0.4 is 11.1 Å². The highest BCUT2D eigenvalue weighted by Crippen LogP contribution is 2.16. The number of aryl methyl sites for hydroxylation is 1. The van der Waals surface area contributed by atoms with Crippen LogP contribution in [-0.4, -0.2) is 49.2 Å². The van der Waals surface area contributed by atoms with E-state index in [2.05, 4.69) is 48.4 Å². The van der Waals surface area contributed by atoms with Gasteiger partial charge in [-0.1, -0.05) is 36.8 Å². The van der Waals surface area contributed by atoms with Crippen LogP contribution >= 0.6 is 0 Å². The Morgan fingerprint density at radius 3 is 2.80 bits per heavy atom. The molecule has 0 aromatic heterocycles. The molecule has 1 aliphatic heterocycles. The molecule has 3 N–H and O–H groups in total. The van der Waals surface area contributed by atoms with Gasteiger partial charge in [0.2, 0.25) is 0 Å². The van der Waals surface area contributed by atoms with Gasteiger partial charge in [-0.15, -0.1) is 0 Å². The Kier molecular flexibility index (Phi) is 7.10. The van der Waals surface area contributed by atoms with Gasteiger partial charge in [-0.05, 0) is 32.3 Å². The van der Waals surface area contributed by atoms with E-state index < -0.39 is 0 Å². The van der Waals surface area contributed by atoms with E-state index in [0.29, 0.717) is 38.1 Å². The number of hydrogen-bond acceptors (Lipinski definition) is 3. The number of guanidine groups is 1. The molecular formula is C19H30N4O2. The minimum absolute atomic E-state index is 0.227. The Morgan fingerprint density at radius 2 is 2.16 bits per heavy atom. The van der Waals surface area contributed by atoms with Crippen LogP contribution in [0.3, 0.4) is 0 Å². The summed E-state index contributed by atoms with van der Waals surface area (Å²) in [5, 5.41) is 3.28. The maximum Gasteiger partial charge on any atom is 0.409 e. The average Bonchev–Trinajstić information content (AvgIpc) is 2.60. The van der Waals surface area contributed by atoms with Crippen LogP contribution in [0.15, 0.2) is 29.3 Å². The molecule has 0 radical (unpaired) electrons. The predicted molar refractivity (Wildman–Crippen MR) is 101 cm³/mol. The number of nitrogens with two attached hydrogens (primary N) is 1. The lowest BCUT2D eigenvalue weighted by Gasteiger charge is -2.31. The van der Waals surface area contributed by atoms with Crippen molar-refractivity contribution in [1.82, 2.24) is 10.2 Å². The van der Waals surface area contributed by atoms with E-state index in [1.807, 2.05) is 6.92 Å². The van der Waals surface area contributed by atoms with E-state index in [0.717, 1.165) is 12.8 Å². The van der Waals surface area contributed by atoms with Crippen molar-refractivity contribution in [3.05, 3.63) is 35.4 Å². The molecule has 1 unspecified atom stereocenters. The molecule has 1 aliphatic rings. The number of carbonyl (C=O) groups is 1. The molecule has 0 spiro atoms. The molecule has 25 heavy (non-hydrogen) atoms. The Morgan fingerprint density at radius 1 is 1.44 bits per heavy atom. The van der Waals surface area contributed by atoms with E-state index in [-0.39, 0.29) is 12.1 Å². The quantitative estimate of drug-likeness (QED) is 0.634. The number of nitrogens with zero attached hydrogens (tertiary/aromatic N) is 2. The van der Waals surface area contributed by atoms with Crippen molar-refractivity contribution in [2.75, 3.05) is 26.2 Å². The van der Waals surface area contributed by atoms with Gasteiger partial charge < -0.3 is 20.7 Å². The number of nitrogens with one attached hydrogen (secondary N) is 1. The van der Waals surface area contributed by atoms with Crippen molar-refractivity contribution in [1.29, 1.82) is 0 Å². The van der Waals surface area contributed by atoms with Crippen LogP contribution in [-0.2, 0) is 4.74 Å². The second kappa shape index (κ2) is 9.30. The molecule has 0 aliphatic carbocycles. The Balaban J connectivity index is 1.77. The number of rotatable bonds is 5. The summed E-state index contributed by atoms with van der Waals surface area (Å²) in [4.78, 5) is 17.9. The van der Waals surface area contributed by atoms with E-state index >= 15 is 0 Å². The van der Waals surface area contributed by atoms with Crippen molar-refractivity contribution >= 4 is 12.1 Å². The molecular weight excluding hydrogens is 316 g/mol. The molecule has 6 nitrogen and oxygen atoms in total. The summed E-state index contributed by atoms with van der Waals surface area (Å²) < 4.78 is 5.03. The molecule has 1 aromatic rings. The minimum Gasteiger partial charge on any atom is -0.450 e. The largest absolute Gasteiger partial charge is 0.450 e. The fourth-order valence-corrected chi connectivity index (χ4v) is 2.99. The van der Waals surface area contributed by atoms with Gasteiger partial charge in [-0.2, -0.15) is 0 Å². The summed E-state index contributed by atoms with van der Waals surface area (Å²) in [7, 11) is 0. The first-order valence-corrected chi connectivity index (χ1v) is 9.04. The van der Waals surface area contributed by atoms with Gasteiger partial charge >= 0.3 is 6.09 Å². The third-order valence-corrected chi connectivity index (χ3v) is 4.52. The molecule has 1 amide bonds. The van der Waals surface area contributed by atoms with Gasteiger partial charge in [0.15, 0.2) is 5.96 Å². The van der Waals surface area contributed by atoms with Crippen molar-refractivity contribution in [2.45, 2.75) is 45.6 Å². The van der Waals surface area contributed by atoms with Gasteiger partial charge in [0.05, 0.1) is 6.61 Å². The summed E-state index contributed by atoms with van der Waals surface area (Å²) >= 11 is 0. The van der Waals surface area contributed by atoms with Crippen molar-refractivity contribution in [2.24, 2.45) is 10.7 Å². The number of amides is 1. The maximum absolute atomic E-state index is 11.7. The monoisotopic (exact) mass is 346 g/mol. The Hall–Kier alpha value is -2.24.